The highest BCUT2D eigenvalue weighted by molar-refractivity contribution is 5.90. The molecule has 1 saturated heterocycles. The first-order valence-corrected chi connectivity index (χ1v) is 11.1. The highest BCUT2D eigenvalue weighted by Crippen LogP contribution is 2.35. The molecule has 1 aromatic carbocycles. The topological polar surface area (TPSA) is 83.9 Å². The monoisotopic (exact) mass is 417 g/mol. The number of aromatic nitrogens is 4. The molecule has 0 radical (unpaired) electrons. The van der Waals surface area contributed by atoms with Crippen molar-refractivity contribution in [3.05, 3.63) is 59.2 Å². The van der Waals surface area contributed by atoms with Crippen LogP contribution in [-0.2, 0) is 4.79 Å². The van der Waals surface area contributed by atoms with Crippen molar-refractivity contribution in [2.24, 2.45) is 0 Å². The van der Waals surface area contributed by atoms with Crippen molar-refractivity contribution in [1.82, 2.24) is 24.6 Å². The zero-order valence-corrected chi connectivity index (χ0v) is 17.6. The van der Waals surface area contributed by atoms with Gasteiger partial charge in [0.05, 0.1) is 12.4 Å². The summed E-state index contributed by atoms with van der Waals surface area (Å²) in [5.41, 5.74) is 3.30. The number of hydrogen-bond acceptors (Lipinski definition) is 4. The number of nitrogens with zero attached hydrogens (tertiary/aromatic N) is 4. The fraction of sp³-hybridized carbons (Fsp3) is 0.417. The van der Waals surface area contributed by atoms with E-state index in [-0.39, 0.29) is 17.5 Å². The van der Waals surface area contributed by atoms with E-state index in [9.17, 15) is 9.59 Å². The van der Waals surface area contributed by atoms with Crippen molar-refractivity contribution < 1.29 is 4.79 Å². The van der Waals surface area contributed by atoms with Crippen molar-refractivity contribution in [2.45, 2.75) is 50.5 Å². The van der Waals surface area contributed by atoms with Crippen LogP contribution in [0.1, 0.15) is 56.0 Å². The average molecular weight is 418 g/mol. The van der Waals surface area contributed by atoms with Crippen LogP contribution in [0.2, 0.25) is 0 Å². The molecule has 1 atom stereocenters. The number of rotatable bonds is 4. The minimum absolute atomic E-state index is 0.0176. The maximum Gasteiger partial charge on any atom is 0.262 e. The van der Waals surface area contributed by atoms with E-state index in [1.165, 1.54) is 50.1 Å². The summed E-state index contributed by atoms with van der Waals surface area (Å²) in [7, 11) is 0. The van der Waals surface area contributed by atoms with Crippen LogP contribution < -0.4 is 5.56 Å². The molecule has 2 aromatic heterocycles. The Morgan fingerprint density at radius 3 is 2.65 bits per heavy atom. The van der Waals surface area contributed by atoms with Gasteiger partial charge in [0.2, 0.25) is 5.91 Å². The molecule has 2 fully saturated rings. The second kappa shape index (κ2) is 8.13. The van der Waals surface area contributed by atoms with E-state index in [4.69, 9.17) is 5.10 Å². The molecule has 160 valence electrons. The second-order valence-electron chi connectivity index (χ2n) is 8.61. The number of aromatic amines is 1. The van der Waals surface area contributed by atoms with Gasteiger partial charge in [0, 0.05) is 18.7 Å². The van der Waals surface area contributed by atoms with Crippen molar-refractivity contribution in [3.8, 4) is 11.3 Å². The molecule has 1 unspecified atom stereocenters. The first-order valence-electron chi connectivity index (χ1n) is 11.1. The molecule has 0 spiro atoms. The van der Waals surface area contributed by atoms with Gasteiger partial charge in [-0.25, -0.2) is 9.67 Å². The molecule has 1 saturated carbocycles. The minimum Gasteiger partial charge on any atom is -0.337 e. The molecule has 2 aliphatic rings. The van der Waals surface area contributed by atoms with Crippen LogP contribution in [0.3, 0.4) is 0 Å². The first kappa shape index (κ1) is 19.7. The molecule has 31 heavy (non-hydrogen) atoms. The maximum atomic E-state index is 12.7. The van der Waals surface area contributed by atoms with E-state index in [0.29, 0.717) is 35.7 Å². The average Bonchev–Trinajstić information content (AvgIpc) is 3.45. The maximum absolute atomic E-state index is 12.7. The molecule has 1 aliphatic carbocycles. The Bertz CT molecular complexity index is 1170. The molecule has 1 amide bonds. The molecule has 5 rings (SSSR count). The number of likely N-dealkylation sites (tertiary alicyclic amines) is 1. The minimum atomic E-state index is -0.195. The lowest BCUT2D eigenvalue weighted by atomic mass is 9.84. The van der Waals surface area contributed by atoms with E-state index >= 15 is 0 Å². The second-order valence-corrected chi connectivity index (χ2v) is 8.61. The van der Waals surface area contributed by atoms with Crippen LogP contribution >= 0.6 is 0 Å². The standard InChI is InChI=1S/C24H27N5O2/c1-2-20(30)28-13-12-19(14-28)29-23-21(24(31)26-15-25-23)22(27-29)18-10-8-17(9-11-18)16-6-4-3-5-7-16/h2,8-11,15-16,19H,1,3-7,12-14H2,(H,25,26,31). The van der Waals surface area contributed by atoms with Gasteiger partial charge in [-0.2, -0.15) is 5.10 Å². The Balaban J connectivity index is 1.52. The van der Waals surface area contributed by atoms with Gasteiger partial charge in [-0.3, -0.25) is 9.59 Å². The third-order valence-electron chi connectivity index (χ3n) is 6.75. The van der Waals surface area contributed by atoms with Gasteiger partial charge in [0.15, 0.2) is 5.65 Å². The molecule has 7 heteroatoms. The normalized spacial score (nSPS) is 19.7. The number of nitrogens with one attached hydrogen (secondary N) is 1. The van der Waals surface area contributed by atoms with Crippen LogP contribution in [0.4, 0.5) is 0 Å². The van der Waals surface area contributed by atoms with Gasteiger partial charge in [-0.1, -0.05) is 50.1 Å². The summed E-state index contributed by atoms with van der Waals surface area (Å²) in [6.07, 6.45) is 9.97. The summed E-state index contributed by atoms with van der Waals surface area (Å²) >= 11 is 0. The highest BCUT2D eigenvalue weighted by Gasteiger charge is 2.30. The molecule has 3 heterocycles. The molecule has 3 aromatic rings. The van der Waals surface area contributed by atoms with Crippen LogP contribution in [0, 0.1) is 0 Å². The third kappa shape index (κ3) is 3.58. The van der Waals surface area contributed by atoms with Gasteiger partial charge in [-0.15, -0.1) is 0 Å². The fourth-order valence-electron chi connectivity index (χ4n) is 5.06. The summed E-state index contributed by atoms with van der Waals surface area (Å²) in [6.45, 7) is 4.76. The third-order valence-corrected chi connectivity index (χ3v) is 6.75. The lowest BCUT2D eigenvalue weighted by molar-refractivity contribution is -0.125. The Morgan fingerprint density at radius 1 is 1.13 bits per heavy atom. The first-order chi connectivity index (χ1) is 15.2. The molecular formula is C24H27N5O2. The number of fused-ring (bicyclic) bond motifs is 1. The van der Waals surface area contributed by atoms with Crippen LogP contribution in [0.15, 0.2) is 48.0 Å². The summed E-state index contributed by atoms with van der Waals surface area (Å²) < 4.78 is 1.82. The number of H-pyrrole nitrogens is 1. The van der Waals surface area contributed by atoms with Crippen molar-refractivity contribution in [1.29, 1.82) is 0 Å². The number of carbonyl (C=O) groups is 1. The number of carbonyl (C=O) groups excluding carboxylic acids is 1. The summed E-state index contributed by atoms with van der Waals surface area (Å²) in [6, 6.07) is 8.49. The van der Waals surface area contributed by atoms with Crippen molar-refractivity contribution in [2.75, 3.05) is 13.1 Å². The number of benzene rings is 1. The van der Waals surface area contributed by atoms with E-state index < -0.39 is 0 Å². The van der Waals surface area contributed by atoms with Crippen molar-refractivity contribution in [3.63, 3.8) is 0 Å². The van der Waals surface area contributed by atoms with Gasteiger partial charge >= 0.3 is 0 Å². The summed E-state index contributed by atoms with van der Waals surface area (Å²) in [5.74, 6) is 0.553. The predicted molar refractivity (Wildman–Crippen MR) is 120 cm³/mol. The van der Waals surface area contributed by atoms with Gasteiger partial charge < -0.3 is 9.88 Å². The Labute approximate surface area is 180 Å². The molecular weight excluding hydrogens is 390 g/mol. The number of hydrogen-bond donors (Lipinski definition) is 1. The molecule has 1 aliphatic heterocycles. The van der Waals surface area contributed by atoms with Gasteiger partial charge in [0.1, 0.15) is 11.1 Å². The molecule has 0 bridgehead atoms. The van der Waals surface area contributed by atoms with E-state index in [2.05, 4.69) is 40.8 Å². The van der Waals surface area contributed by atoms with E-state index in [1.54, 1.807) is 4.90 Å². The number of amides is 1. The van der Waals surface area contributed by atoms with E-state index in [1.807, 2.05) is 4.68 Å². The van der Waals surface area contributed by atoms with Crippen LogP contribution in [0.5, 0.6) is 0 Å². The van der Waals surface area contributed by atoms with E-state index in [0.717, 1.165) is 12.0 Å². The molecule has 1 N–H and O–H groups in total. The highest BCUT2D eigenvalue weighted by atomic mass is 16.2. The van der Waals surface area contributed by atoms with Crippen LogP contribution in [0.25, 0.3) is 22.3 Å². The summed E-state index contributed by atoms with van der Waals surface area (Å²) in [5, 5.41) is 5.34. The Hall–Kier alpha value is -3.22. The SMILES string of the molecule is C=CC(=O)N1CCC(n2nc(-c3ccc(C4CCCCC4)cc3)c3c(=O)[nH]cnc32)C1. The largest absolute Gasteiger partial charge is 0.337 e. The summed E-state index contributed by atoms with van der Waals surface area (Å²) in [4.78, 5) is 33.6. The zero-order chi connectivity index (χ0) is 21.4. The molecule has 7 nitrogen and oxygen atoms in total. The lowest BCUT2D eigenvalue weighted by Gasteiger charge is -2.22. The zero-order valence-electron chi connectivity index (χ0n) is 17.6. The predicted octanol–water partition coefficient (Wildman–Crippen LogP) is 3.79. The Morgan fingerprint density at radius 2 is 1.90 bits per heavy atom. The fourth-order valence-corrected chi connectivity index (χ4v) is 5.06. The quantitative estimate of drug-likeness (QED) is 0.655. The van der Waals surface area contributed by atoms with Crippen molar-refractivity contribution >= 4 is 16.9 Å². The van der Waals surface area contributed by atoms with Gasteiger partial charge in [0.25, 0.3) is 5.56 Å². The Kier molecular flexibility index (Phi) is 5.18. The lowest BCUT2D eigenvalue weighted by Crippen LogP contribution is -2.27. The van der Waals surface area contributed by atoms with Gasteiger partial charge in [-0.05, 0) is 36.8 Å². The van der Waals surface area contributed by atoms with Crippen LogP contribution in [-0.4, -0.2) is 43.6 Å². The smallest absolute Gasteiger partial charge is 0.262 e.